The number of rotatable bonds is 7. The first-order chi connectivity index (χ1) is 12.9. The van der Waals surface area contributed by atoms with Gasteiger partial charge in [0.1, 0.15) is 5.75 Å². The summed E-state index contributed by atoms with van der Waals surface area (Å²) in [5.41, 5.74) is 0.253. The van der Waals surface area contributed by atoms with Crippen LogP contribution in [0.15, 0.2) is 23.1 Å². The molecule has 27 heavy (non-hydrogen) atoms. The molecule has 1 aliphatic heterocycles. The average molecular weight is 398 g/mol. The third-order valence-electron chi connectivity index (χ3n) is 4.43. The van der Waals surface area contributed by atoms with Gasteiger partial charge in [-0.25, -0.2) is 8.42 Å². The quantitative estimate of drug-likeness (QED) is 0.706. The molecule has 1 fully saturated rings. The number of hydrogen-bond acceptors (Lipinski definition) is 6. The van der Waals surface area contributed by atoms with E-state index in [2.05, 4.69) is 10.1 Å². The molecule has 0 atom stereocenters. The monoisotopic (exact) mass is 398 g/mol. The number of benzene rings is 1. The fraction of sp³-hybridized carbons (Fsp3) is 0.556. The highest BCUT2D eigenvalue weighted by molar-refractivity contribution is 7.89. The van der Waals surface area contributed by atoms with Crippen LogP contribution in [0.1, 0.15) is 38.5 Å². The van der Waals surface area contributed by atoms with E-state index in [1.54, 1.807) is 0 Å². The van der Waals surface area contributed by atoms with Crippen molar-refractivity contribution in [3.05, 3.63) is 18.2 Å². The van der Waals surface area contributed by atoms with Crippen molar-refractivity contribution in [2.75, 3.05) is 32.6 Å². The Labute approximate surface area is 159 Å². The molecule has 1 amide bonds. The average Bonchev–Trinajstić information content (AvgIpc) is 2.96. The van der Waals surface area contributed by atoms with E-state index in [1.807, 2.05) is 0 Å². The summed E-state index contributed by atoms with van der Waals surface area (Å²) < 4.78 is 37.1. The molecular formula is C18H26N2O6S. The smallest absolute Gasteiger partial charge is 0.306 e. The molecular weight excluding hydrogens is 372 g/mol. The van der Waals surface area contributed by atoms with E-state index in [0.29, 0.717) is 18.8 Å². The van der Waals surface area contributed by atoms with Gasteiger partial charge in [0, 0.05) is 19.5 Å². The van der Waals surface area contributed by atoms with Crippen LogP contribution in [-0.4, -0.2) is 51.9 Å². The highest BCUT2D eigenvalue weighted by Crippen LogP contribution is 2.30. The summed E-state index contributed by atoms with van der Waals surface area (Å²) in [4.78, 5) is 23.3. The number of anilines is 1. The highest BCUT2D eigenvalue weighted by atomic mass is 32.2. The molecule has 1 heterocycles. The van der Waals surface area contributed by atoms with E-state index in [9.17, 15) is 18.0 Å². The topological polar surface area (TPSA) is 102 Å². The van der Waals surface area contributed by atoms with Gasteiger partial charge in [-0.3, -0.25) is 9.59 Å². The standard InChI is InChI=1S/C18H26N2O6S/c1-25-16-8-7-14(27(23,24)20-11-5-3-4-6-12-20)13-15(16)19-17(21)9-10-18(22)26-2/h7-8,13H,3-6,9-12H2,1-2H3,(H,19,21). The van der Waals surface area contributed by atoms with Crippen molar-refractivity contribution in [2.45, 2.75) is 43.4 Å². The molecule has 0 unspecified atom stereocenters. The van der Waals surface area contributed by atoms with Gasteiger partial charge in [0.05, 0.1) is 31.2 Å². The molecule has 0 aromatic heterocycles. The van der Waals surface area contributed by atoms with E-state index in [0.717, 1.165) is 25.7 Å². The number of carbonyl (C=O) groups is 2. The Morgan fingerprint density at radius 3 is 2.33 bits per heavy atom. The zero-order valence-corrected chi connectivity index (χ0v) is 16.5. The summed E-state index contributed by atoms with van der Waals surface area (Å²) >= 11 is 0. The van der Waals surface area contributed by atoms with Gasteiger partial charge in [0.2, 0.25) is 15.9 Å². The van der Waals surface area contributed by atoms with Crippen molar-refractivity contribution in [3.8, 4) is 5.75 Å². The van der Waals surface area contributed by atoms with Crippen molar-refractivity contribution in [3.63, 3.8) is 0 Å². The summed E-state index contributed by atoms with van der Waals surface area (Å²) in [6.07, 6.45) is 3.60. The Balaban J connectivity index is 2.20. The number of methoxy groups -OCH3 is 2. The minimum atomic E-state index is -3.65. The molecule has 1 saturated heterocycles. The molecule has 1 aliphatic rings. The Morgan fingerprint density at radius 2 is 1.74 bits per heavy atom. The van der Waals surface area contributed by atoms with E-state index < -0.39 is 21.9 Å². The van der Waals surface area contributed by atoms with Gasteiger partial charge in [0.25, 0.3) is 0 Å². The fourth-order valence-electron chi connectivity index (χ4n) is 2.91. The third kappa shape index (κ3) is 5.67. The van der Waals surface area contributed by atoms with Crippen molar-refractivity contribution < 1.29 is 27.5 Å². The van der Waals surface area contributed by atoms with Crippen molar-refractivity contribution in [1.82, 2.24) is 4.31 Å². The van der Waals surface area contributed by atoms with E-state index in [-0.39, 0.29) is 23.4 Å². The van der Waals surface area contributed by atoms with E-state index >= 15 is 0 Å². The lowest BCUT2D eigenvalue weighted by Gasteiger charge is -2.21. The number of nitrogens with zero attached hydrogens (tertiary/aromatic N) is 1. The van der Waals surface area contributed by atoms with Crippen LogP contribution in [0.5, 0.6) is 5.75 Å². The Morgan fingerprint density at radius 1 is 1.07 bits per heavy atom. The van der Waals surface area contributed by atoms with Crippen molar-refractivity contribution in [1.29, 1.82) is 0 Å². The summed E-state index contributed by atoms with van der Waals surface area (Å²) in [5, 5.41) is 2.61. The van der Waals surface area contributed by atoms with Crippen LogP contribution < -0.4 is 10.1 Å². The number of sulfonamides is 1. The first-order valence-electron chi connectivity index (χ1n) is 8.93. The molecule has 0 aliphatic carbocycles. The zero-order chi connectivity index (χ0) is 19.9. The van der Waals surface area contributed by atoms with Crippen LogP contribution in [0.4, 0.5) is 5.69 Å². The van der Waals surface area contributed by atoms with Crippen LogP contribution in [-0.2, 0) is 24.3 Å². The van der Waals surface area contributed by atoms with Gasteiger partial charge < -0.3 is 14.8 Å². The van der Waals surface area contributed by atoms with Gasteiger partial charge in [-0.15, -0.1) is 0 Å². The lowest BCUT2D eigenvalue weighted by Crippen LogP contribution is -2.32. The molecule has 0 radical (unpaired) electrons. The molecule has 0 spiro atoms. The van der Waals surface area contributed by atoms with Crippen molar-refractivity contribution in [2.24, 2.45) is 0 Å². The second kappa shape index (κ2) is 9.70. The number of hydrogen-bond donors (Lipinski definition) is 1. The van der Waals surface area contributed by atoms with Crippen LogP contribution in [0, 0.1) is 0 Å². The second-order valence-corrected chi connectivity index (χ2v) is 8.24. The maximum absolute atomic E-state index is 12.9. The van der Waals surface area contributed by atoms with Crippen LogP contribution in [0.25, 0.3) is 0 Å². The van der Waals surface area contributed by atoms with Gasteiger partial charge in [-0.2, -0.15) is 4.31 Å². The highest BCUT2D eigenvalue weighted by Gasteiger charge is 2.26. The largest absolute Gasteiger partial charge is 0.495 e. The molecule has 0 saturated carbocycles. The van der Waals surface area contributed by atoms with E-state index in [4.69, 9.17) is 4.74 Å². The molecule has 9 heteroatoms. The predicted octanol–water partition coefficient (Wildman–Crippen LogP) is 2.15. The first kappa shape index (κ1) is 21.2. The zero-order valence-electron chi connectivity index (χ0n) is 15.7. The molecule has 1 aromatic rings. The predicted molar refractivity (Wildman–Crippen MR) is 100 cm³/mol. The minimum Gasteiger partial charge on any atom is -0.495 e. The van der Waals surface area contributed by atoms with Gasteiger partial charge in [-0.1, -0.05) is 12.8 Å². The van der Waals surface area contributed by atoms with Gasteiger partial charge in [-0.05, 0) is 31.0 Å². The van der Waals surface area contributed by atoms with Crippen LogP contribution >= 0.6 is 0 Å². The normalized spacial score (nSPS) is 15.6. The summed E-state index contributed by atoms with van der Waals surface area (Å²) in [6.45, 7) is 0.990. The van der Waals surface area contributed by atoms with Gasteiger partial charge in [0.15, 0.2) is 0 Å². The summed E-state index contributed by atoms with van der Waals surface area (Å²) in [6, 6.07) is 4.39. The second-order valence-electron chi connectivity index (χ2n) is 6.30. The number of amides is 1. The molecule has 8 nitrogen and oxygen atoms in total. The number of esters is 1. The molecule has 150 valence electrons. The first-order valence-corrected chi connectivity index (χ1v) is 10.4. The van der Waals surface area contributed by atoms with E-state index in [1.165, 1.54) is 36.7 Å². The Bertz CT molecular complexity index is 770. The minimum absolute atomic E-state index is 0.0591. The number of nitrogens with one attached hydrogen (secondary N) is 1. The SMILES string of the molecule is COC(=O)CCC(=O)Nc1cc(S(=O)(=O)N2CCCCCC2)ccc1OC. The van der Waals surface area contributed by atoms with Crippen molar-refractivity contribution >= 4 is 27.6 Å². The summed E-state index contributed by atoms with van der Waals surface area (Å²) in [7, 11) is -0.963. The Hall–Kier alpha value is -2.13. The lowest BCUT2D eigenvalue weighted by atomic mass is 10.2. The Kier molecular flexibility index (Phi) is 7.61. The maximum Gasteiger partial charge on any atom is 0.306 e. The summed E-state index contributed by atoms with van der Waals surface area (Å²) in [5.74, 6) is -0.575. The molecule has 1 N–H and O–H groups in total. The van der Waals surface area contributed by atoms with Gasteiger partial charge >= 0.3 is 5.97 Å². The fourth-order valence-corrected chi connectivity index (χ4v) is 4.45. The molecule has 2 rings (SSSR count). The third-order valence-corrected chi connectivity index (χ3v) is 6.33. The molecule has 1 aromatic carbocycles. The van der Waals surface area contributed by atoms with Crippen LogP contribution in [0.3, 0.4) is 0 Å². The lowest BCUT2D eigenvalue weighted by molar-refractivity contribution is -0.141. The van der Waals surface area contributed by atoms with Crippen LogP contribution in [0.2, 0.25) is 0 Å². The number of carbonyl (C=O) groups excluding carboxylic acids is 2. The maximum atomic E-state index is 12.9. The number of ether oxygens (including phenoxy) is 2. The molecule has 0 bridgehead atoms.